The van der Waals surface area contributed by atoms with Crippen molar-refractivity contribution in [2.75, 3.05) is 6.54 Å². The molecule has 1 nitrogen and oxygen atoms in total. The predicted molar refractivity (Wildman–Crippen MR) is 74.3 cm³/mol. The summed E-state index contributed by atoms with van der Waals surface area (Å²) in [4.78, 5) is 1.47. The first-order valence-electron chi connectivity index (χ1n) is 6.24. The number of hydrogen-bond acceptors (Lipinski definition) is 2. The van der Waals surface area contributed by atoms with Crippen molar-refractivity contribution in [3.05, 3.63) is 22.4 Å². The summed E-state index contributed by atoms with van der Waals surface area (Å²) in [5.41, 5.74) is 0.247. The van der Waals surface area contributed by atoms with Crippen molar-refractivity contribution in [3.8, 4) is 0 Å². The topological polar surface area (TPSA) is 12.0 Å². The standard InChI is InChI=1S/C14H25NS/c1-6-12(11(2)3)15-10-14(4,5)13-8-7-9-16-13/h7-9,11-12,15H,6,10H2,1-5H3. The molecule has 16 heavy (non-hydrogen) atoms. The highest BCUT2D eigenvalue weighted by atomic mass is 32.1. The number of hydrogen-bond donors (Lipinski definition) is 1. The van der Waals surface area contributed by atoms with Crippen LogP contribution in [-0.4, -0.2) is 12.6 Å². The van der Waals surface area contributed by atoms with E-state index in [9.17, 15) is 0 Å². The van der Waals surface area contributed by atoms with Gasteiger partial charge in [0.1, 0.15) is 0 Å². The Balaban J connectivity index is 2.54. The number of thiophene rings is 1. The van der Waals surface area contributed by atoms with E-state index in [0.29, 0.717) is 12.0 Å². The zero-order chi connectivity index (χ0) is 12.2. The summed E-state index contributed by atoms with van der Waals surface area (Å²) in [6.07, 6.45) is 1.21. The van der Waals surface area contributed by atoms with Gasteiger partial charge in [0, 0.05) is 22.9 Å². The Morgan fingerprint density at radius 3 is 2.50 bits per heavy atom. The summed E-state index contributed by atoms with van der Waals surface area (Å²) in [7, 11) is 0. The van der Waals surface area contributed by atoms with Crippen LogP contribution in [-0.2, 0) is 5.41 Å². The molecule has 0 saturated carbocycles. The minimum Gasteiger partial charge on any atom is -0.313 e. The summed E-state index contributed by atoms with van der Waals surface area (Å²) in [5.74, 6) is 0.712. The number of rotatable bonds is 6. The van der Waals surface area contributed by atoms with E-state index in [1.165, 1.54) is 11.3 Å². The summed E-state index contributed by atoms with van der Waals surface area (Å²) < 4.78 is 0. The van der Waals surface area contributed by atoms with Gasteiger partial charge in [-0.2, -0.15) is 0 Å². The molecule has 2 heteroatoms. The minimum absolute atomic E-state index is 0.247. The number of nitrogens with one attached hydrogen (secondary N) is 1. The Bertz CT molecular complexity index is 288. The second-order valence-electron chi connectivity index (χ2n) is 5.50. The first-order chi connectivity index (χ1) is 7.47. The van der Waals surface area contributed by atoms with Crippen LogP contribution in [0.15, 0.2) is 17.5 Å². The first kappa shape index (κ1) is 13.7. The van der Waals surface area contributed by atoms with E-state index in [1.54, 1.807) is 0 Å². The van der Waals surface area contributed by atoms with Gasteiger partial charge in [-0.15, -0.1) is 11.3 Å². The van der Waals surface area contributed by atoms with E-state index in [0.717, 1.165) is 6.54 Å². The van der Waals surface area contributed by atoms with Crippen LogP contribution in [0.2, 0.25) is 0 Å². The van der Waals surface area contributed by atoms with E-state index >= 15 is 0 Å². The Morgan fingerprint density at radius 2 is 2.06 bits per heavy atom. The monoisotopic (exact) mass is 239 g/mol. The maximum absolute atomic E-state index is 3.70. The van der Waals surface area contributed by atoms with E-state index in [1.807, 2.05) is 11.3 Å². The van der Waals surface area contributed by atoms with E-state index in [2.05, 4.69) is 57.4 Å². The summed E-state index contributed by atoms with van der Waals surface area (Å²) in [5, 5.41) is 5.87. The highest BCUT2D eigenvalue weighted by Crippen LogP contribution is 2.27. The smallest absolute Gasteiger partial charge is 0.0115 e. The normalized spacial score (nSPS) is 14.4. The van der Waals surface area contributed by atoms with Crippen LogP contribution in [0.3, 0.4) is 0 Å². The highest BCUT2D eigenvalue weighted by Gasteiger charge is 2.23. The Morgan fingerprint density at radius 1 is 1.38 bits per heavy atom. The van der Waals surface area contributed by atoms with Gasteiger partial charge < -0.3 is 5.32 Å². The molecule has 1 N–H and O–H groups in total. The second kappa shape index (κ2) is 5.83. The Kier molecular flexibility index (Phi) is 5.00. The van der Waals surface area contributed by atoms with Crippen molar-refractivity contribution < 1.29 is 0 Å². The van der Waals surface area contributed by atoms with Gasteiger partial charge in [0.05, 0.1) is 0 Å². The van der Waals surface area contributed by atoms with Crippen molar-refractivity contribution in [1.29, 1.82) is 0 Å². The fourth-order valence-electron chi connectivity index (χ4n) is 1.99. The molecule has 0 aliphatic heterocycles. The minimum atomic E-state index is 0.247. The maximum atomic E-state index is 3.70. The van der Waals surface area contributed by atoms with Crippen LogP contribution in [0.25, 0.3) is 0 Å². The third-order valence-corrected chi connectivity index (χ3v) is 4.47. The average molecular weight is 239 g/mol. The Labute approximate surface area is 104 Å². The van der Waals surface area contributed by atoms with Gasteiger partial charge in [0.2, 0.25) is 0 Å². The molecule has 1 unspecified atom stereocenters. The molecule has 0 aliphatic rings. The first-order valence-corrected chi connectivity index (χ1v) is 7.12. The molecule has 1 heterocycles. The predicted octanol–water partition coefficient (Wildman–Crippen LogP) is 4.05. The van der Waals surface area contributed by atoms with Gasteiger partial charge in [-0.3, -0.25) is 0 Å². The average Bonchev–Trinajstić information content (AvgIpc) is 2.71. The van der Waals surface area contributed by atoms with Crippen molar-refractivity contribution in [2.45, 2.75) is 52.5 Å². The van der Waals surface area contributed by atoms with E-state index in [4.69, 9.17) is 0 Å². The third kappa shape index (κ3) is 3.60. The van der Waals surface area contributed by atoms with Crippen LogP contribution in [0.4, 0.5) is 0 Å². The van der Waals surface area contributed by atoms with Crippen LogP contribution in [0.1, 0.15) is 45.9 Å². The molecule has 0 bridgehead atoms. The lowest BCUT2D eigenvalue weighted by Gasteiger charge is -2.29. The molecule has 1 rings (SSSR count). The molecule has 1 aromatic rings. The zero-order valence-corrected chi connectivity index (χ0v) is 12.0. The molecule has 0 amide bonds. The summed E-state index contributed by atoms with van der Waals surface area (Å²) in [6, 6.07) is 5.02. The summed E-state index contributed by atoms with van der Waals surface area (Å²) >= 11 is 1.86. The van der Waals surface area contributed by atoms with Gasteiger partial charge in [0.25, 0.3) is 0 Å². The maximum Gasteiger partial charge on any atom is 0.0115 e. The molecule has 0 radical (unpaired) electrons. The van der Waals surface area contributed by atoms with Gasteiger partial charge in [0.15, 0.2) is 0 Å². The molecular formula is C14H25NS. The largest absolute Gasteiger partial charge is 0.313 e. The van der Waals surface area contributed by atoms with Crippen LogP contribution in [0, 0.1) is 5.92 Å². The van der Waals surface area contributed by atoms with Crippen molar-refractivity contribution in [3.63, 3.8) is 0 Å². The molecule has 0 fully saturated rings. The quantitative estimate of drug-likeness (QED) is 0.789. The van der Waals surface area contributed by atoms with Crippen LogP contribution >= 0.6 is 11.3 Å². The van der Waals surface area contributed by atoms with Gasteiger partial charge >= 0.3 is 0 Å². The van der Waals surface area contributed by atoms with Crippen molar-refractivity contribution in [1.82, 2.24) is 5.32 Å². The molecule has 0 aliphatic carbocycles. The fourth-order valence-corrected chi connectivity index (χ4v) is 2.84. The molecule has 0 spiro atoms. The zero-order valence-electron chi connectivity index (χ0n) is 11.2. The third-order valence-electron chi connectivity index (χ3n) is 3.24. The lowest BCUT2D eigenvalue weighted by atomic mass is 9.90. The lowest BCUT2D eigenvalue weighted by molar-refractivity contribution is 0.350. The lowest BCUT2D eigenvalue weighted by Crippen LogP contribution is -2.41. The van der Waals surface area contributed by atoms with Gasteiger partial charge in [-0.25, -0.2) is 0 Å². The van der Waals surface area contributed by atoms with Crippen LogP contribution < -0.4 is 5.32 Å². The summed E-state index contributed by atoms with van der Waals surface area (Å²) in [6.45, 7) is 12.5. The van der Waals surface area contributed by atoms with Crippen molar-refractivity contribution in [2.24, 2.45) is 5.92 Å². The van der Waals surface area contributed by atoms with Gasteiger partial charge in [-0.1, -0.05) is 40.7 Å². The van der Waals surface area contributed by atoms with E-state index < -0.39 is 0 Å². The molecular weight excluding hydrogens is 214 g/mol. The fraction of sp³-hybridized carbons (Fsp3) is 0.714. The second-order valence-corrected chi connectivity index (χ2v) is 6.45. The molecule has 0 saturated heterocycles. The van der Waals surface area contributed by atoms with Crippen LogP contribution in [0.5, 0.6) is 0 Å². The van der Waals surface area contributed by atoms with Gasteiger partial charge in [-0.05, 0) is 23.8 Å². The van der Waals surface area contributed by atoms with Crippen molar-refractivity contribution >= 4 is 11.3 Å². The molecule has 92 valence electrons. The molecule has 1 atom stereocenters. The van der Waals surface area contributed by atoms with E-state index in [-0.39, 0.29) is 5.41 Å². The molecule has 0 aromatic carbocycles. The molecule has 1 aromatic heterocycles. The highest BCUT2D eigenvalue weighted by molar-refractivity contribution is 7.10. The SMILES string of the molecule is CCC(NCC(C)(C)c1cccs1)C(C)C. The Hall–Kier alpha value is -0.340.